The molecule has 2 aromatic carbocycles. The van der Waals surface area contributed by atoms with Gasteiger partial charge in [0.15, 0.2) is 25.4 Å². The van der Waals surface area contributed by atoms with E-state index in [9.17, 15) is 19.5 Å². The molecule has 2 amide bonds. The normalized spacial score (nSPS) is 34.6. The number of hydrogen-bond donors (Lipinski definition) is 3. The Morgan fingerprint density at radius 1 is 1.05 bits per heavy atom. The van der Waals surface area contributed by atoms with Crippen molar-refractivity contribution in [2.24, 2.45) is 28.3 Å². The van der Waals surface area contributed by atoms with Crippen LogP contribution >= 0.6 is 0 Å². The fraction of sp³-hybridized carbons (Fsp3) is 0.545. The van der Waals surface area contributed by atoms with E-state index in [1.807, 2.05) is 50.2 Å². The number of amides is 2. The molecule has 6 aliphatic rings. The lowest BCUT2D eigenvalue weighted by Gasteiger charge is -2.59. The number of aliphatic hydroxyl groups excluding tert-OH is 1. The second-order valence-electron chi connectivity index (χ2n) is 18.5. The largest absolute Gasteiger partial charge is 0.449 e. The maximum atomic E-state index is 17.9. The van der Waals surface area contributed by atoms with Crippen LogP contribution in [0.25, 0.3) is 11.1 Å². The van der Waals surface area contributed by atoms with E-state index >= 15 is 4.39 Å². The number of hydrogen-bond acceptors (Lipinski definition) is 8. The highest BCUT2D eigenvalue weighted by molar-refractivity contribution is 6.74. The van der Waals surface area contributed by atoms with Crippen LogP contribution in [0.15, 0.2) is 77.4 Å². The van der Waals surface area contributed by atoms with Gasteiger partial charge >= 0.3 is 6.09 Å². The average molecular weight is 784 g/mol. The summed E-state index contributed by atoms with van der Waals surface area (Å²) in [5.41, 5.74) is 3.08. The molecule has 3 N–H and O–H groups in total. The van der Waals surface area contributed by atoms with E-state index in [-0.39, 0.29) is 54.8 Å². The number of fused-ring (bicyclic) bond motifs is 7. The molecule has 1 aliphatic heterocycles. The van der Waals surface area contributed by atoms with Crippen molar-refractivity contribution in [1.82, 2.24) is 10.7 Å². The Bertz CT molecular complexity index is 2030. The number of nitrogens with zero attached hydrogens (tertiary/aromatic N) is 1. The van der Waals surface area contributed by atoms with Crippen LogP contribution in [-0.4, -0.2) is 79.7 Å². The maximum absolute atomic E-state index is 17.9. The lowest BCUT2D eigenvalue weighted by molar-refractivity contribution is -0.179. The van der Waals surface area contributed by atoms with Crippen molar-refractivity contribution in [3.05, 3.63) is 83.5 Å². The van der Waals surface area contributed by atoms with Gasteiger partial charge in [-0.3, -0.25) is 9.59 Å². The van der Waals surface area contributed by atoms with Crippen LogP contribution in [0.4, 0.5) is 9.18 Å². The van der Waals surface area contributed by atoms with E-state index in [0.717, 1.165) is 27.8 Å². The summed E-state index contributed by atoms with van der Waals surface area (Å²) in [6.07, 6.45) is 4.89. The van der Waals surface area contributed by atoms with Gasteiger partial charge in [0.05, 0.1) is 18.4 Å². The molecular weight excluding hydrogens is 730 g/mol. The molecule has 8 rings (SSSR count). The minimum atomic E-state index is -2.19. The molecule has 56 heavy (non-hydrogen) atoms. The van der Waals surface area contributed by atoms with Crippen LogP contribution in [0.1, 0.15) is 77.3 Å². The zero-order valence-electron chi connectivity index (χ0n) is 33.4. The number of allylic oxidation sites excluding steroid dienone is 4. The summed E-state index contributed by atoms with van der Waals surface area (Å²) in [4.78, 5) is 39.3. The third-order valence-electron chi connectivity index (χ3n) is 14.8. The Hall–Kier alpha value is -3.97. The molecule has 4 fully saturated rings. The number of carbonyl (C=O) groups excluding carboxylic acids is 3. The predicted molar refractivity (Wildman–Crippen MR) is 213 cm³/mol. The number of Topliss-reactive ketones (excluding diaryl/α,β-unsaturated/α-hetero) is 1. The van der Waals surface area contributed by atoms with Crippen LogP contribution in [0.3, 0.4) is 0 Å². The van der Waals surface area contributed by atoms with Gasteiger partial charge < -0.3 is 24.3 Å². The Kier molecular flexibility index (Phi) is 9.23. The average Bonchev–Trinajstić information content (AvgIpc) is 3.63. The van der Waals surface area contributed by atoms with E-state index in [4.69, 9.17) is 13.9 Å². The third-order valence-corrected chi connectivity index (χ3v) is 19.2. The minimum Gasteiger partial charge on any atom is -0.449 e. The van der Waals surface area contributed by atoms with Crippen LogP contribution in [-0.2, 0) is 23.5 Å². The monoisotopic (exact) mass is 783 g/mol. The van der Waals surface area contributed by atoms with Gasteiger partial charge in [0, 0.05) is 23.7 Å². The molecule has 2 aromatic rings. The van der Waals surface area contributed by atoms with Crippen LogP contribution < -0.4 is 10.7 Å². The SMILES string of the molecule is C[C@@H]1C[C@H]2[C@@H]3CCC4=C/C(=N/NC(=O)CNC(=O)OCC5c6ccccc6-c6ccccc65)C=C[C@]4(C)[C@@]3(F)[C@@H](O)C[C@@]23O[C@]13C(=O)CO[Si](C)(C)C(C)(C)C. The summed E-state index contributed by atoms with van der Waals surface area (Å²) in [5.74, 6) is -1.58. The van der Waals surface area contributed by atoms with Gasteiger partial charge in [0.1, 0.15) is 18.8 Å². The van der Waals surface area contributed by atoms with Crippen LogP contribution in [0, 0.1) is 23.2 Å². The van der Waals surface area contributed by atoms with E-state index in [1.54, 1.807) is 18.2 Å². The van der Waals surface area contributed by atoms with Crippen molar-refractivity contribution < 1.29 is 37.8 Å². The van der Waals surface area contributed by atoms with E-state index in [1.165, 1.54) is 0 Å². The molecule has 1 spiro atoms. The predicted octanol–water partition coefficient (Wildman–Crippen LogP) is 7.14. The first-order valence-corrected chi connectivity index (χ1v) is 22.9. The number of benzene rings is 2. The van der Waals surface area contributed by atoms with Gasteiger partial charge in [-0.25, -0.2) is 14.6 Å². The maximum Gasteiger partial charge on any atom is 0.407 e. The van der Waals surface area contributed by atoms with Gasteiger partial charge in [-0.2, -0.15) is 5.10 Å². The summed E-state index contributed by atoms with van der Waals surface area (Å²) in [6, 6.07) is 16.1. The van der Waals surface area contributed by atoms with Crippen molar-refractivity contribution in [2.75, 3.05) is 19.8 Å². The van der Waals surface area contributed by atoms with Crippen LogP contribution in [0.2, 0.25) is 18.1 Å². The quantitative estimate of drug-likeness (QED) is 0.140. The fourth-order valence-electron chi connectivity index (χ4n) is 10.7. The zero-order chi connectivity index (χ0) is 40.1. The molecule has 0 bridgehead atoms. The summed E-state index contributed by atoms with van der Waals surface area (Å²) in [7, 11) is -2.19. The number of nitrogens with one attached hydrogen (secondary N) is 2. The molecule has 0 radical (unpaired) electrons. The van der Waals surface area contributed by atoms with Gasteiger partial charge in [-0.15, -0.1) is 0 Å². The number of ketones is 1. The second-order valence-corrected chi connectivity index (χ2v) is 23.3. The van der Waals surface area contributed by atoms with E-state index < -0.39 is 54.6 Å². The molecule has 0 unspecified atom stereocenters. The van der Waals surface area contributed by atoms with Crippen LogP contribution in [0.5, 0.6) is 0 Å². The fourth-order valence-corrected chi connectivity index (χ4v) is 11.7. The third kappa shape index (κ3) is 5.64. The topological polar surface area (TPSA) is 139 Å². The lowest BCUT2D eigenvalue weighted by Crippen LogP contribution is -2.66. The molecule has 0 aromatic heterocycles. The van der Waals surface area contributed by atoms with Crippen molar-refractivity contribution in [3.8, 4) is 11.1 Å². The summed E-state index contributed by atoms with van der Waals surface area (Å²) in [5, 5.41) is 18.5. The van der Waals surface area contributed by atoms with Crippen molar-refractivity contribution in [3.63, 3.8) is 0 Å². The number of rotatable bonds is 9. The Morgan fingerprint density at radius 3 is 2.38 bits per heavy atom. The van der Waals surface area contributed by atoms with E-state index in [2.05, 4.69) is 61.8 Å². The molecule has 1 saturated heterocycles. The molecule has 10 nitrogen and oxygen atoms in total. The van der Waals surface area contributed by atoms with E-state index in [0.29, 0.717) is 25.0 Å². The Balaban J connectivity index is 0.884. The first-order valence-electron chi connectivity index (χ1n) is 20.0. The molecule has 3 saturated carbocycles. The molecule has 1 heterocycles. The molecule has 5 aliphatic carbocycles. The standard InChI is InChI=1S/C44H54FN3O7Si/c1-26-20-35-34-17-16-27-21-28(47-48-38(51)23-46-39(52)53-24-33-31-14-10-8-12-29(31)30-13-9-11-15-32(30)33)18-19-41(27,5)43(34,45)36(49)22-42(35)44(26,55-42)37(50)25-54-56(6,7)40(2,3)4/h8-15,18-19,21,26,33-36,49H,16-17,20,22-25H2,1-7H3,(H,46,52)(H,48,51)/b47-28+/t26-,34+,35+,36+,41+,42-,43+,44+/m1/s1. The lowest BCUT2D eigenvalue weighted by atomic mass is 9.48. The summed E-state index contributed by atoms with van der Waals surface area (Å²) >= 11 is 0. The second kappa shape index (κ2) is 13.3. The number of alkyl carbamates (subject to hydrolysis) is 1. The van der Waals surface area contributed by atoms with Crippen molar-refractivity contribution in [1.29, 1.82) is 0 Å². The first-order chi connectivity index (χ1) is 26.4. The minimum absolute atomic E-state index is 0.0334. The Labute approximate surface area is 329 Å². The summed E-state index contributed by atoms with van der Waals surface area (Å²) in [6.45, 7) is 14.2. The molecule has 12 heteroatoms. The Morgan fingerprint density at radius 2 is 1.71 bits per heavy atom. The van der Waals surface area contributed by atoms with Gasteiger partial charge in [0.25, 0.3) is 5.91 Å². The first kappa shape index (κ1) is 38.9. The number of halogens is 1. The number of epoxide rings is 1. The molecule has 298 valence electrons. The highest BCUT2D eigenvalue weighted by Crippen LogP contribution is 2.76. The van der Waals surface area contributed by atoms with Gasteiger partial charge in [-0.1, -0.05) is 87.9 Å². The molecule has 8 atom stereocenters. The highest BCUT2D eigenvalue weighted by Gasteiger charge is 2.87. The number of hydrazone groups is 1. The smallest absolute Gasteiger partial charge is 0.407 e. The number of ether oxygens (including phenoxy) is 2. The zero-order valence-corrected chi connectivity index (χ0v) is 34.4. The number of carbonyl (C=O) groups is 3. The van der Waals surface area contributed by atoms with Crippen molar-refractivity contribution >= 4 is 31.8 Å². The van der Waals surface area contributed by atoms with Gasteiger partial charge in [0.2, 0.25) is 0 Å². The number of alkyl halides is 1. The van der Waals surface area contributed by atoms with Gasteiger partial charge in [-0.05, 0) is 90.6 Å². The molecular formula is C44H54FN3O7Si. The van der Waals surface area contributed by atoms with Crippen molar-refractivity contribution in [2.45, 2.75) is 107 Å². The summed E-state index contributed by atoms with van der Waals surface area (Å²) < 4.78 is 36.3. The highest BCUT2D eigenvalue weighted by atomic mass is 28.4. The number of aliphatic hydroxyl groups is 1.